The Balaban J connectivity index is 2.04. The van der Waals surface area contributed by atoms with Crippen molar-refractivity contribution in [2.45, 2.75) is 39.8 Å². The molecule has 0 saturated carbocycles. The van der Waals surface area contributed by atoms with E-state index in [1.807, 2.05) is 20.2 Å². The highest BCUT2D eigenvalue weighted by atomic mass is 15.3. The highest BCUT2D eigenvalue weighted by Crippen LogP contribution is 2.10. The number of anilines is 1. The van der Waals surface area contributed by atoms with Crippen molar-refractivity contribution < 1.29 is 0 Å². The van der Waals surface area contributed by atoms with Gasteiger partial charge in [-0.15, -0.1) is 0 Å². The molecule has 6 nitrogen and oxygen atoms in total. The Kier molecular flexibility index (Phi) is 3.64. The van der Waals surface area contributed by atoms with E-state index in [1.165, 1.54) is 0 Å². The van der Waals surface area contributed by atoms with Gasteiger partial charge in [-0.3, -0.25) is 4.68 Å². The van der Waals surface area contributed by atoms with Gasteiger partial charge in [-0.25, -0.2) is 9.97 Å². The van der Waals surface area contributed by atoms with Crippen LogP contribution in [0.15, 0.2) is 12.5 Å². The van der Waals surface area contributed by atoms with Crippen molar-refractivity contribution in [1.29, 1.82) is 0 Å². The van der Waals surface area contributed by atoms with Gasteiger partial charge < -0.3 is 9.88 Å². The molecule has 0 fully saturated rings. The molecule has 6 heteroatoms. The SMILES string of the molecule is Cc1cn(CCc2ncn(C)n2)c(NC(C)C)n1. The van der Waals surface area contributed by atoms with Gasteiger partial charge in [-0.05, 0) is 20.8 Å². The zero-order valence-electron chi connectivity index (χ0n) is 11.4. The molecule has 0 aliphatic rings. The number of imidazole rings is 1. The van der Waals surface area contributed by atoms with Crippen LogP contribution in [0.2, 0.25) is 0 Å². The molecule has 2 aromatic rings. The molecular weight excluding hydrogens is 228 g/mol. The van der Waals surface area contributed by atoms with Crippen LogP contribution >= 0.6 is 0 Å². The first kappa shape index (κ1) is 12.6. The fourth-order valence-corrected chi connectivity index (χ4v) is 1.81. The van der Waals surface area contributed by atoms with Crippen molar-refractivity contribution in [3.63, 3.8) is 0 Å². The average molecular weight is 248 g/mol. The molecule has 2 rings (SSSR count). The lowest BCUT2D eigenvalue weighted by molar-refractivity contribution is 0.657. The van der Waals surface area contributed by atoms with Crippen molar-refractivity contribution in [3.05, 3.63) is 24.0 Å². The summed E-state index contributed by atoms with van der Waals surface area (Å²) in [6, 6.07) is 0.374. The molecule has 0 aliphatic heterocycles. The van der Waals surface area contributed by atoms with Gasteiger partial charge in [0.2, 0.25) is 5.95 Å². The van der Waals surface area contributed by atoms with Crippen LogP contribution in [0.4, 0.5) is 5.95 Å². The minimum absolute atomic E-state index is 0.374. The van der Waals surface area contributed by atoms with Crippen LogP contribution in [0.25, 0.3) is 0 Å². The molecular formula is C12H20N6. The fourth-order valence-electron chi connectivity index (χ4n) is 1.81. The zero-order valence-corrected chi connectivity index (χ0v) is 11.4. The Morgan fingerprint density at radius 2 is 2.17 bits per heavy atom. The van der Waals surface area contributed by atoms with E-state index in [1.54, 1.807) is 11.0 Å². The Morgan fingerprint density at radius 1 is 1.39 bits per heavy atom. The maximum atomic E-state index is 4.47. The van der Waals surface area contributed by atoms with Crippen LogP contribution < -0.4 is 5.32 Å². The third-order valence-electron chi connectivity index (χ3n) is 2.54. The Bertz CT molecular complexity index is 510. The molecule has 0 saturated heterocycles. The number of aryl methyl sites for hydroxylation is 4. The van der Waals surface area contributed by atoms with E-state index >= 15 is 0 Å². The highest BCUT2D eigenvalue weighted by molar-refractivity contribution is 5.29. The summed E-state index contributed by atoms with van der Waals surface area (Å²) in [5.41, 5.74) is 1.02. The number of nitrogens with one attached hydrogen (secondary N) is 1. The molecule has 0 unspecified atom stereocenters. The van der Waals surface area contributed by atoms with E-state index in [0.717, 1.165) is 30.4 Å². The van der Waals surface area contributed by atoms with E-state index in [-0.39, 0.29) is 0 Å². The average Bonchev–Trinajstić information content (AvgIpc) is 2.82. The van der Waals surface area contributed by atoms with Gasteiger partial charge in [0, 0.05) is 32.3 Å². The van der Waals surface area contributed by atoms with Crippen LogP contribution in [0.5, 0.6) is 0 Å². The van der Waals surface area contributed by atoms with Crippen LogP contribution in [0.1, 0.15) is 25.4 Å². The largest absolute Gasteiger partial charge is 0.353 e. The molecule has 0 amide bonds. The number of aromatic nitrogens is 5. The number of nitrogens with zero attached hydrogens (tertiary/aromatic N) is 5. The van der Waals surface area contributed by atoms with E-state index in [2.05, 4.69) is 38.8 Å². The first-order chi connectivity index (χ1) is 8.54. The van der Waals surface area contributed by atoms with Gasteiger partial charge in [-0.2, -0.15) is 5.10 Å². The van der Waals surface area contributed by atoms with Crippen molar-refractivity contribution >= 4 is 5.95 Å². The standard InChI is InChI=1S/C12H20N6/c1-9(2)14-12-15-10(3)7-18(12)6-5-11-13-8-17(4)16-11/h7-9H,5-6H2,1-4H3,(H,14,15). The first-order valence-corrected chi connectivity index (χ1v) is 6.19. The summed E-state index contributed by atoms with van der Waals surface area (Å²) in [5.74, 6) is 1.78. The monoisotopic (exact) mass is 248 g/mol. The molecule has 2 heterocycles. The van der Waals surface area contributed by atoms with Gasteiger partial charge in [0.25, 0.3) is 0 Å². The predicted octanol–water partition coefficient (Wildman–Crippen LogP) is 1.38. The summed E-state index contributed by atoms with van der Waals surface area (Å²) in [7, 11) is 1.88. The van der Waals surface area contributed by atoms with Crippen LogP contribution in [0, 0.1) is 6.92 Å². The van der Waals surface area contributed by atoms with Gasteiger partial charge in [0.1, 0.15) is 6.33 Å². The second-order valence-corrected chi connectivity index (χ2v) is 4.78. The van der Waals surface area contributed by atoms with E-state index < -0.39 is 0 Å². The summed E-state index contributed by atoms with van der Waals surface area (Å²) in [4.78, 5) is 8.70. The molecule has 18 heavy (non-hydrogen) atoms. The van der Waals surface area contributed by atoms with Gasteiger partial charge in [0.15, 0.2) is 5.82 Å². The van der Waals surface area contributed by atoms with Crippen molar-refractivity contribution in [2.24, 2.45) is 7.05 Å². The Labute approximate surface area is 107 Å². The third-order valence-corrected chi connectivity index (χ3v) is 2.54. The molecule has 0 atom stereocenters. The molecule has 0 radical (unpaired) electrons. The summed E-state index contributed by atoms with van der Waals surface area (Å²) < 4.78 is 3.84. The zero-order chi connectivity index (χ0) is 13.1. The van der Waals surface area contributed by atoms with E-state index in [0.29, 0.717) is 6.04 Å². The maximum absolute atomic E-state index is 4.47. The second kappa shape index (κ2) is 5.20. The smallest absolute Gasteiger partial charge is 0.203 e. The number of hydrogen-bond acceptors (Lipinski definition) is 4. The number of hydrogen-bond donors (Lipinski definition) is 1. The van der Waals surface area contributed by atoms with Gasteiger partial charge in [0.05, 0.1) is 5.69 Å². The first-order valence-electron chi connectivity index (χ1n) is 6.19. The molecule has 0 aromatic carbocycles. The highest BCUT2D eigenvalue weighted by Gasteiger charge is 2.07. The van der Waals surface area contributed by atoms with Gasteiger partial charge >= 0.3 is 0 Å². The van der Waals surface area contributed by atoms with Gasteiger partial charge in [-0.1, -0.05) is 0 Å². The lowest BCUT2D eigenvalue weighted by Crippen LogP contribution is -2.15. The molecule has 0 aliphatic carbocycles. The molecule has 0 bridgehead atoms. The van der Waals surface area contributed by atoms with Crippen LogP contribution in [-0.2, 0) is 20.0 Å². The Hall–Kier alpha value is -1.85. The van der Waals surface area contributed by atoms with Crippen LogP contribution in [0.3, 0.4) is 0 Å². The minimum atomic E-state index is 0.374. The lowest BCUT2D eigenvalue weighted by Gasteiger charge is -2.11. The minimum Gasteiger partial charge on any atom is -0.353 e. The van der Waals surface area contributed by atoms with E-state index in [4.69, 9.17) is 0 Å². The molecule has 1 N–H and O–H groups in total. The lowest BCUT2D eigenvalue weighted by atomic mass is 10.4. The van der Waals surface area contributed by atoms with E-state index in [9.17, 15) is 0 Å². The fraction of sp³-hybridized carbons (Fsp3) is 0.583. The summed E-state index contributed by atoms with van der Waals surface area (Å²) in [6.45, 7) is 7.05. The molecule has 2 aromatic heterocycles. The van der Waals surface area contributed by atoms with Crippen LogP contribution in [-0.4, -0.2) is 30.4 Å². The topological polar surface area (TPSA) is 60.6 Å². The molecule has 98 valence electrons. The van der Waals surface area contributed by atoms with Crippen molar-refractivity contribution in [1.82, 2.24) is 24.3 Å². The van der Waals surface area contributed by atoms with Crippen molar-refractivity contribution in [2.75, 3.05) is 5.32 Å². The summed E-state index contributed by atoms with van der Waals surface area (Å²) in [5, 5.41) is 7.62. The van der Waals surface area contributed by atoms with Crippen molar-refractivity contribution in [3.8, 4) is 0 Å². The second-order valence-electron chi connectivity index (χ2n) is 4.78. The third kappa shape index (κ3) is 3.09. The Morgan fingerprint density at radius 3 is 2.78 bits per heavy atom. The maximum Gasteiger partial charge on any atom is 0.203 e. The summed E-state index contributed by atoms with van der Waals surface area (Å²) in [6.07, 6.45) is 4.58. The normalized spacial score (nSPS) is 11.2. The predicted molar refractivity (Wildman–Crippen MR) is 70.4 cm³/mol. The molecule has 0 spiro atoms. The number of rotatable bonds is 5. The summed E-state index contributed by atoms with van der Waals surface area (Å²) >= 11 is 0. The quantitative estimate of drug-likeness (QED) is 0.868.